The monoisotopic (exact) mass is 292 g/mol. The van der Waals surface area contributed by atoms with Gasteiger partial charge in [0, 0.05) is 18.5 Å². The van der Waals surface area contributed by atoms with Crippen LogP contribution in [0.2, 0.25) is 0 Å². The molecule has 6 nitrogen and oxygen atoms in total. The summed E-state index contributed by atoms with van der Waals surface area (Å²) in [6, 6.07) is 6.15. The standard InChI is InChI=1S/C10H16N2O4S2/c1-11-18(15,16)8-7-12-9-3-5-10(6-4-9)17(2,13)14/h3-6,11-12H,7-8H2,1-2H3. The minimum absolute atomic E-state index is 0.0443. The molecule has 18 heavy (non-hydrogen) atoms. The molecule has 0 atom stereocenters. The van der Waals surface area contributed by atoms with Crippen LogP contribution in [0.1, 0.15) is 0 Å². The third kappa shape index (κ3) is 4.63. The summed E-state index contributed by atoms with van der Waals surface area (Å²) in [4.78, 5) is 0.232. The molecule has 0 spiro atoms. The molecule has 8 heteroatoms. The maximum Gasteiger partial charge on any atom is 0.213 e. The largest absolute Gasteiger partial charge is 0.384 e. The van der Waals surface area contributed by atoms with E-state index >= 15 is 0 Å². The van der Waals surface area contributed by atoms with Crippen molar-refractivity contribution in [2.24, 2.45) is 0 Å². The van der Waals surface area contributed by atoms with Crippen LogP contribution in [0, 0.1) is 0 Å². The molecule has 0 unspecified atom stereocenters. The number of rotatable bonds is 6. The summed E-state index contributed by atoms with van der Waals surface area (Å²) in [5.41, 5.74) is 0.675. The van der Waals surface area contributed by atoms with Gasteiger partial charge in [0.05, 0.1) is 10.6 Å². The minimum atomic E-state index is -3.23. The zero-order valence-electron chi connectivity index (χ0n) is 10.2. The average molecular weight is 292 g/mol. The van der Waals surface area contributed by atoms with Gasteiger partial charge in [-0.2, -0.15) is 0 Å². The summed E-state index contributed by atoms with van der Waals surface area (Å²) in [6.07, 6.45) is 1.13. The summed E-state index contributed by atoms with van der Waals surface area (Å²) in [6.45, 7) is 0.251. The van der Waals surface area contributed by atoms with Gasteiger partial charge in [-0.15, -0.1) is 0 Å². The number of nitrogens with one attached hydrogen (secondary N) is 2. The molecule has 0 fully saturated rings. The average Bonchev–Trinajstić information content (AvgIpc) is 2.28. The number of hydrogen-bond acceptors (Lipinski definition) is 5. The summed E-state index contributed by atoms with van der Waals surface area (Å²) in [7, 11) is -5.07. The van der Waals surface area contributed by atoms with Crippen molar-refractivity contribution in [3.8, 4) is 0 Å². The van der Waals surface area contributed by atoms with Gasteiger partial charge in [0.1, 0.15) is 0 Å². The van der Waals surface area contributed by atoms with Gasteiger partial charge >= 0.3 is 0 Å². The van der Waals surface area contributed by atoms with Crippen molar-refractivity contribution < 1.29 is 16.8 Å². The first-order chi connectivity index (χ1) is 8.24. The maximum absolute atomic E-state index is 11.2. The molecule has 1 rings (SSSR count). The lowest BCUT2D eigenvalue weighted by molar-refractivity contribution is 0.588. The van der Waals surface area contributed by atoms with Crippen molar-refractivity contribution in [2.45, 2.75) is 4.90 Å². The van der Waals surface area contributed by atoms with Crippen molar-refractivity contribution >= 4 is 25.5 Å². The minimum Gasteiger partial charge on any atom is -0.384 e. The highest BCUT2D eigenvalue weighted by molar-refractivity contribution is 7.90. The Balaban J connectivity index is 2.61. The van der Waals surface area contributed by atoms with Crippen LogP contribution in [0.3, 0.4) is 0 Å². The van der Waals surface area contributed by atoms with E-state index in [9.17, 15) is 16.8 Å². The fourth-order valence-corrected chi connectivity index (χ4v) is 2.46. The topological polar surface area (TPSA) is 92.3 Å². The normalized spacial score (nSPS) is 12.3. The maximum atomic E-state index is 11.2. The molecule has 0 amide bonds. The molecule has 0 heterocycles. The Morgan fingerprint density at radius 1 is 1.06 bits per heavy atom. The first kappa shape index (κ1) is 14.9. The lowest BCUT2D eigenvalue weighted by atomic mass is 10.3. The smallest absolute Gasteiger partial charge is 0.213 e. The molecule has 0 saturated carbocycles. The SMILES string of the molecule is CNS(=O)(=O)CCNc1ccc(S(C)(=O)=O)cc1. The Morgan fingerprint density at radius 2 is 1.61 bits per heavy atom. The molecule has 0 radical (unpaired) electrons. The second-order valence-corrected chi connectivity index (χ2v) is 7.81. The van der Waals surface area contributed by atoms with E-state index in [0.717, 1.165) is 6.26 Å². The third-order valence-corrected chi connectivity index (χ3v) is 4.79. The first-order valence-electron chi connectivity index (χ1n) is 5.20. The van der Waals surface area contributed by atoms with E-state index in [1.54, 1.807) is 12.1 Å². The molecule has 0 aliphatic heterocycles. The second kappa shape index (κ2) is 5.68. The molecule has 1 aromatic carbocycles. The lowest BCUT2D eigenvalue weighted by Crippen LogP contribution is -2.26. The Labute approximate surface area is 107 Å². The van der Waals surface area contributed by atoms with E-state index in [4.69, 9.17) is 0 Å². The molecule has 0 saturated heterocycles. The Morgan fingerprint density at radius 3 is 2.06 bits per heavy atom. The quantitative estimate of drug-likeness (QED) is 0.773. The molecule has 102 valence electrons. The van der Waals surface area contributed by atoms with E-state index in [0.29, 0.717) is 5.69 Å². The fourth-order valence-electron chi connectivity index (χ4n) is 1.25. The van der Waals surface area contributed by atoms with Crippen LogP contribution in [0.4, 0.5) is 5.69 Å². The molecule has 0 bridgehead atoms. The Hall–Kier alpha value is -1.12. The van der Waals surface area contributed by atoms with Gasteiger partial charge in [-0.25, -0.2) is 21.6 Å². The number of benzene rings is 1. The highest BCUT2D eigenvalue weighted by atomic mass is 32.2. The van der Waals surface area contributed by atoms with E-state index in [2.05, 4.69) is 10.0 Å². The fraction of sp³-hybridized carbons (Fsp3) is 0.400. The first-order valence-corrected chi connectivity index (χ1v) is 8.74. The van der Waals surface area contributed by atoms with Crippen LogP contribution in [0.15, 0.2) is 29.2 Å². The number of sulfone groups is 1. The molecular formula is C10H16N2O4S2. The van der Waals surface area contributed by atoms with Crippen molar-refractivity contribution in [3.63, 3.8) is 0 Å². The Kier molecular flexibility index (Phi) is 4.71. The van der Waals surface area contributed by atoms with Crippen molar-refractivity contribution in [2.75, 3.05) is 30.9 Å². The van der Waals surface area contributed by atoms with Gasteiger partial charge < -0.3 is 5.32 Å². The van der Waals surface area contributed by atoms with Crippen LogP contribution in [-0.2, 0) is 19.9 Å². The van der Waals surface area contributed by atoms with E-state index in [1.165, 1.54) is 19.2 Å². The van der Waals surface area contributed by atoms with Gasteiger partial charge in [-0.3, -0.25) is 0 Å². The highest BCUT2D eigenvalue weighted by Gasteiger charge is 2.07. The van der Waals surface area contributed by atoms with Gasteiger partial charge in [0.2, 0.25) is 10.0 Å². The van der Waals surface area contributed by atoms with Crippen LogP contribution < -0.4 is 10.0 Å². The van der Waals surface area contributed by atoms with Crippen LogP contribution in [0.25, 0.3) is 0 Å². The molecule has 0 aliphatic rings. The van der Waals surface area contributed by atoms with Crippen LogP contribution >= 0.6 is 0 Å². The van der Waals surface area contributed by atoms with Crippen molar-refractivity contribution in [3.05, 3.63) is 24.3 Å². The summed E-state index contributed by atoms with van der Waals surface area (Å²) in [5.74, 6) is -0.0443. The number of anilines is 1. The number of hydrogen-bond donors (Lipinski definition) is 2. The van der Waals surface area contributed by atoms with E-state index in [-0.39, 0.29) is 17.2 Å². The summed E-state index contributed by atoms with van der Waals surface area (Å²) >= 11 is 0. The van der Waals surface area contributed by atoms with E-state index < -0.39 is 19.9 Å². The van der Waals surface area contributed by atoms with Gasteiger partial charge in [-0.1, -0.05) is 0 Å². The molecule has 0 aromatic heterocycles. The number of sulfonamides is 1. The Bertz CT molecular complexity index is 591. The second-order valence-electron chi connectivity index (χ2n) is 3.75. The molecule has 2 N–H and O–H groups in total. The zero-order chi connectivity index (χ0) is 13.8. The van der Waals surface area contributed by atoms with Gasteiger partial charge in [0.15, 0.2) is 9.84 Å². The summed E-state index contributed by atoms with van der Waals surface area (Å²) < 4.78 is 46.9. The van der Waals surface area contributed by atoms with Crippen LogP contribution in [0.5, 0.6) is 0 Å². The van der Waals surface area contributed by atoms with Gasteiger partial charge in [0.25, 0.3) is 0 Å². The third-order valence-electron chi connectivity index (χ3n) is 2.29. The zero-order valence-corrected chi connectivity index (χ0v) is 11.8. The predicted molar refractivity (Wildman–Crippen MR) is 70.9 cm³/mol. The molecule has 0 aliphatic carbocycles. The van der Waals surface area contributed by atoms with E-state index in [1.807, 2.05) is 0 Å². The molecular weight excluding hydrogens is 276 g/mol. The predicted octanol–water partition coefficient (Wildman–Crippen LogP) is 0.0512. The highest BCUT2D eigenvalue weighted by Crippen LogP contribution is 2.13. The van der Waals surface area contributed by atoms with Gasteiger partial charge in [-0.05, 0) is 31.3 Å². The molecule has 1 aromatic rings. The van der Waals surface area contributed by atoms with Crippen LogP contribution in [-0.4, -0.2) is 42.4 Å². The van der Waals surface area contributed by atoms with Crippen molar-refractivity contribution in [1.82, 2.24) is 4.72 Å². The summed E-state index contributed by atoms with van der Waals surface area (Å²) in [5, 5.41) is 2.90. The van der Waals surface area contributed by atoms with Crippen molar-refractivity contribution in [1.29, 1.82) is 0 Å². The lowest BCUT2D eigenvalue weighted by Gasteiger charge is -2.07.